The van der Waals surface area contributed by atoms with Gasteiger partial charge in [0, 0.05) is 98.0 Å². The maximum atomic E-state index is 14.6. The third-order valence-electron chi connectivity index (χ3n) is 13.2. The van der Waals surface area contributed by atoms with E-state index in [0.29, 0.717) is 70.1 Å². The molecule has 8 rings (SSSR count). The number of aromatic nitrogens is 4. The third-order valence-corrected chi connectivity index (χ3v) is 14.1. The molecule has 17 nitrogen and oxygen atoms in total. The van der Waals surface area contributed by atoms with Crippen LogP contribution < -0.4 is 10.7 Å². The molecule has 4 aliphatic rings. The number of aryl methyl sites for hydroxylation is 1. The fourth-order valence-electron chi connectivity index (χ4n) is 9.77. The predicted octanol–water partition coefficient (Wildman–Crippen LogP) is 3.56. The Balaban J connectivity index is 1.06. The van der Waals surface area contributed by atoms with Crippen LogP contribution in [0, 0.1) is 29.1 Å². The van der Waals surface area contributed by atoms with Crippen LogP contribution in [0.1, 0.15) is 64.5 Å². The van der Waals surface area contributed by atoms with Crippen LogP contribution in [0.3, 0.4) is 0 Å². The van der Waals surface area contributed by atoms with E-state index in [9.17, 15) is 24.0 Å². The van der Waals surface area contributed by atoms with Gasteiger partial charge < -0.3 is 29.2 Å². The van der Waals surface area contributed by atoms with E-state index in [4.69, 9.17) is 14.5 Å². The molecule has 7 heterocycles. The second kappa shape index (κ2) is 20.6. The molecule has 1 aromatic carbocycles. The van der Waals surface area contributed by atoms with E-state index >= 15 is 0 Å². The number of esters is 1. The summed E-state index contributed by atoms with van der Waals surface area (Å²) in [7, 11) is 1.61. The molecule has 18 heteroatoms. The molecule has 0 saturated carbocycles. The summed E-state index contributed by atoms with van der Waals surface area (Å²) in [6.07, 6.45) is 7.28. The molecule has 3 aromatic heterocycles. The first-order chi connectivity index (χ1) is 32.2. The van der Waals surface area contributed by atoms with Gasteiger partial charge in [-0.25, -0.2) is 20.4 Å². The topological polar surface area (TPSA) is 184 Å². The van der Waals surface area contributed by atoms with Gasteiger partial charge in [-0.05, 0) is 62.1 Å². The molecule has 4 aromatic rings. The Morgan fingerprint density at radius 1 is 1.06 bits per heavy atom. The molecule has 3 saturated heterocycles. The second-order valence-corrected chi connectivity index (χ2v) is 20.1. The van der Waals surface area contributed by atoms with E-state index in [0.717, 1.165) is 52.1 Å². The number of likely N-dealkylation sites (tertiary alicyclic amines) is 1. The van der Waals surface area contributed by atoms with Crippen LogP contribution in [0.25, 0.3) is 33.4 Å². The molecule has 67 heavy (non-hydrogen) atoms. The van der Waals surface area contributed by atoms with E-state index in [2.05, 4.69) is 81.0 Å². The Morgan fingerprint density at radius 3 is 2.58 bits per heavy atom. The molecule has 4 amide bonds. The average molecular weight is 935 g/mol. The number of hydrazine groups is 1. The highest BCUT2D eigenvalue weighted by Crippen LogP contribution is 2.40. The summed E-state index contributed by atoms with van der Waals surface area (Å²) < 4.78 is 13.7. The summed E-state index contributed by atoms with van der Waals surface area (Å²) in [4.78, 5) is 89.0. The van der Waals surface area contributed by atoms with Gasteiger partial charge in [0.25, 0.3) is 11.8 Å². The quantitative estimate of drug-likeness (QED) is 0.194. The monoisotopic (exact) mass is 934 g/mol. The molecule has 0 radical (unpaired) electrons. The van der Waals surface area contributed by atoms with Crippen LogP contribution >= 0.6 is 11.3 Å². The van der Waals surface area contributed by atoms with Crippen molar-refractivity contribution in [3.8, 4) is 34.4 Å². The Morgan fingerprint density at radius 2 is 1.84 bits per heavy atom. The summed E-state index contributed by atoms with van der Waals surface area (Å²) in [5.41, 5.74) is 8.31. The van der Waals surface area contributed by atoms with Crippen LogP contribution in [0.2, 0.25) is 0 Å². The molecule has 0 spiro atoms. The number of thiazole rings is 1. The van der Waals surface area contributed by atoms with Crippen LogP contribution in [0.15, 0.2) is 42.3 Å². The molecular formula is C49H62N10O7S. The number of cyclic esters (lactones) is 1. The average Bonchev–Trinajstić information content (AvgIpc) is 4.09. The van der Waals surface area contributed by atoms with Gasteiger partial charge in [0.2, 0.25) is 11.8 Å². The first-order valence-electron chi connectivity index (χ1n) is 23.5. The van der Waals surface area contributed by atoms with Gasteiger partial charge in [0.15, 0.2) is 0 Å². The van der Waals surface area contributed by atoms with E-state index in [1.807, 2.05) is 31.6 Å². The van der Waals surface area contributed by atoms with Crippen LogP contribution in [-0.4, -0.2) is 153 Å². The highest BCUT2D eigenvalue weighted by molar-refractivity contribution is 7.10. The largest absolute Gasteiger partial charge is 0.464 e. The molecule has 4 atom stereocenters. The Kier molecular flexibility index (Phi) is 14.7. The summed E-state index contributed by atoms with van der Waals surface area (Å²) in [6, 6.07) is 3.51. The summed E-state index contributed by atoms with van der Waals surface area (Å²) in [5.74, 6) is 2.93. The number of morpholine rings is 1. The maximum absolute atomic E-state index is 14.6. The lowest BCUT2D eigenvalue weighted by Crippen LogP contribution is -2.62. The van der Waals surface area contributed by atoms with Gasteiger partial charge in [0.1, 0.15) is 24.5 Å². The fraction of sp³-hybridized carbons (Fsp3) is 0.551. The van der Waals surface area contributed by atoms with Gasteiger partial charge in [-0.15, -0.1) is 11.3 Å². The van der Waals surface area contributed by atoms with Crippen molar-refractivity contribution >= 4 is 51.8 Å². The van der Waals surface area contributed by atoms with Gasteiger partial charge >= 0.3 is 5.97 Å². The van der Waals surface area contributed by atoms with Gasteiger partial charge in [-0.1, -0.05) is 39.7 Å². The van der Waals surface area contributed by atoms with Crippen LogP contribution in [0.4, 0.5) is 0 Å². The molecule has 3 fully saturated rings. The van der Waals surface area contributed by atoms with Gasteiger partial charge in [-0.2, -0.15) is 0 Å². The van der Waals surface area contributed by atoms with E-state index in [-0.39, 0.29) is 37.3 Å². The van der Waals surface area contributed by atoms with Gasteiger partial charge in [-0.3, -0.25) is 33.9 Å². The summed E-state index contributed by atoms with van der Waals surface area (Å²) in [6.45, 7) is 15.0. The van der Waals surface area contributed by atoms with Crippen molar-refractivity contribution in [1.29, 1.82) is 0 Å². The molecule has 356 valence electrons. The Labute approximate surface area is 395 Å². The van der Waals surface area contributed by atoms with Crippen molar-refractivity contribution in [2.75, 3.05) is 66.1 Å². The lowest BCUT2D eigenvalue weighted by atomic mass is 9.84. The SMILES string of the molecule is CCn1c(-c2cncnc2)c2c3cc(ccc31)-c1csc(n1)C[C@H](NC(=O)[C@H](C(C)C)N(C)C(=O)[C@H]1CCN(C(=O)C#CCN3CCOCC3)C1)C(=O)N1CCC[C@H](N1)C(=O)OCC(C)(C)C2. The zero-order valence-corrected chi connectivity index (χ0v) is 40.2. The predicted molar refractivity (Wildman–Crippen MR) is 253 cm³/mol. The Hall–Kier alpha value is -5.74. The standard InChI is InChI=1S/C49H62N10O7S/c1-7-58-40-13-12-32-22-35(40)36(44(58)34-25-50-30-51-26-34)24-49(4,5)29-66-48(64)37-10-8-16-59(54-37)47(63)38(23-41-52-39(32)28-67-41)53-45(61)43(31(2)3)55(6)46(62)33-14-17-57(27-33)42(60)11-9-15-56-18-20-65-21-19-56/h12-13,22,25-26,28,30-31,33,37-38,43,54H,7-8,10,14-21,23-24,27,29H2,1-6H3,(H,53,61)/t33-,37-,38-,43-/m0/s1. The van der Waals surface area contributed by atoms with Crippen molar-refractivity contribution in [2.24, 2.45) is 17.3 Å². The summed E-state index contributed by atoms with van der Waals surface area (Å²) >= 11 is 1.40. The van der Waals surface area contributed by atoms with Crippen molar-refractivity contribution in [1.82, 2.24) is 50.0 Å². The normalized spacial score (nSPS) is 21.9. The number of hydrogen-bond donors (Lipinski definition) is 2. The summed E-state index contributed by atoms with van der Waals surface area (Å²) in [5, 5.41) is 8.09. The van der Waals surface area contributed by atoms with Crippen LogP contribution in [0.5, 0.6) is 0 Å². The zero-order chi connectivity index (χ0) is 47.4. The van der Waals surface area contributed by atoms with Crippen molar-refractivity contribution in [3.63, 3.8) is 0 Å². The smallest absolute Gasteiger partial charge is 0.324 e. The molecule has 0 aliphatic carbocycles. The Bertz CT molecular complexity index is 2540. The number of carbonyl (C=O) groups is 5. The number of likely N-dealkylation sites (N-methyl/N-ethyl adjacent to an activating group) is 1. The fourth-order valence-corrected chi connectivity index (χ4v) is 10.6. The number of fused-ring (bicyclic) bond motifs is 6. The molecular weight excluding hydrogens is 873 g/mol. The third kappa shape index (κ3) is 10.7. The minimum Gasteiger partial charge on any atom is -0.464 e. The highest BCUT2D eigenvalue weighted by Gasteiger charge is 2.40. The molecule has 4 aliphatic heterocycles. The number of amides is 4. The van der Waals surface area contributed by atoms with Crippen molar-refractivity contribution in [3.05, 3.63) is 52.9 Å². The minimum atomic E-state index is -1.09. The maximum Gasteiger partial charge on any atom is 0.324 e. The molecule has 6 bridgehead atoms. The first-order valence-corrected chi connectivity index (χ1v) is 24.3. The van der Waals surface area contributed by atoms with E-state index < -0.39 is 47.2 Å². The van der Waals surface area contributed by atoms with Crippen molar-refractivity contribution < 1.29 is 33.4 Å². The first kappa shape index (κ1) is 47.7. The van der Waals surface area contributed by atoms with Crippen molar-refractivity contribution in [2.45, 2.75) is 91.4 Å². The lowest BCUT2D eigenvalue weighted by molar-refractivity contribution is -0.155. The number of rotatable bonds is 8. The molecule has 2 N–H and O–H groups in total. The zero-order valence-electron chi connectivity index (χ0n) is 39.4. The van der Waals surface area contributed by atoms with E-state index in [1.54, 1.807) is 11.9 Å². The second-order valence-electron chi connectivity index (χ2n) is 19.1. The number of nitrogens with zero attached hydrogens (tertiary/aromatic N) is 8. The van der Waals surface area contributed by atoms with E-state index in [1.165, 1.54) is 27.6 Å². The lowest BCUT2D eigenvalue weighted by Gasteiger charge is -2.36. The van der Waals surface area contributed by atoms with Gasteiger partial charge in [0.05, 0.1) is 48.7 Å². The molecule has 0 unspecified atom stereocenters. The number of ether oxygens (including phenoxy) is 2. The number of nitrogens with one attached hydrogen (secondary N) is 2. The number of benzene rings is 1. The number of carbonyl (C=O) groups excluding carboxylic acids is 5. The minimum absolute atomic E-state index is 0.0727. The highest BCUT2D eigenvalue weighted by atomic mass is 32.1. The van der Waals surface area contributed by atoms with Crippen LogP contribution in [-0.2, 0) is 52.8 Å². The number of hydrogen-bond acceptors (Lipinski definition) is 13.